The predicted octanol–water partition coefficient (Wildman–Crippen LogP) is 1.13. The van der Waals surface area contributed by atoms with E-state index in [9.17, 15) is 4.79 Å². The third kappa shape index (κ3) is 2.85. The normalized spacial score (nSPS) is 20.5. The van der Waals surface area contributed by atoms with Crippen LogP contribution in [0.3, 0.4) is 0 Å². The minimum Gasteiger partial charge on any atom is -0.307 e. The van der Waals surface area contributed by atoms with Gasteiger partial charge in [-0.1, -0.05) is 12.2 Å². The topological polar surface area (TPSA) is 29.1 Å². The Kier molecular flexibility index (Phi) is 2.83. The minimum atomic E-state index is -0.0735. The highest BCUT2D eigenvalue weighted by Gasteiger charge is 2.18. The van der Waals surface area contributed by atoms with Gasteiger partial charge in [-0.05, 0) is 32.7 Å². The Hall–Kier alpha value is -0.630. The maximum absolute atomic E-state index is 10.9. The number of likely N-dealkylation sites (N-methyl/N-ethyl adjacent to an activating group) is 1. The summed E-state index contributed by atoms with van der Waals surface area (Å²) >= 11 is 0. The molecule has 1 unspecified atom stereocenters. The molecular formula is C9H15NO. The third-order valence-electron chi connectivity index (χ3n) is 1.95. The van der Waals surface area contributed by atoms with Crippen LogP contribution in [0.2, 0.25) is 0 Å². The van der Waals surface area contributed by atoms with E-state index in [1.54, 1.807) is 6.92 Å². The highest BCUT2D eigenvalue weighted by atomic mass is 16.1. The van der Waals surface area contributed by atoms with E-state index in [0.717, 1.165) is 5.92 Å². The second-order valence-electron chi connectivity index (χ2n) is 3.10. The molecule has 0 aliphatic heterocycles. The van der Waals surface area contributed by atoms with Gasteiger partial charge in [0.25, 0.3) is 0 Å². The molecule has 0 heterocycles. The van der Waals surface area contributed by atoms with E-state index in [2.05, 4.69) is 11.4 Å². The van der Waals surface area contributed by atoms with Crippen molar-refractivity contribution < 1.29 is 4.79 Å². The van der Waals surface area contributed by atoms with Crippen molar-refractivity contribution in [2.24, 2.45) is 5.92 Å². The van der Waals surface area contributed by atoms with Crippen molar-refractivity contribution in [3.63, 3.8) is 0 Å². The zero-order valence-corrected chi connectivity index (χ0v) is 7.13. The van der Waals surface area contributed by atoms with Crippen LogP contribution in [0, 0.1) is 5.92 Å². The van der Waals surface area contributed by atoms with Crippen LogP contribution < -0.4 is 5.32 Å². The Balaban J connectivity index is 2.35. The molecule has 1 aliphatic carbocycles. The molecule has 1 N–H and O–H groups in total. The van der Waals surface area contributed by atoms with Crippen LogP contribution >= 0.6 is 0 Å². The molecule has 1 fully saturated rings. The van der Waals surface area contributed by atoms with Gasteiger partial charge in [0.05, 0.1) is 6.04 Å². The molecule has 1 atom stereocenters. The lowest BCUT2D eigenvalue weighted by Gasteiger charge is -2.05. The molecule has 1 aliphatic rings. The molecule has 1 rings (SSSR count). The largest absolute Gasteiger partial charge is 0.307 e. The van der Waals surface area contributed by atoms with Gasteiger partial charge in [-0.2, -0.15) is 0 Å². The van der Waals surface area contributed by atoms with Crippen molar-refractivity contribution in [1.29, 1.82) is 0 Å². The molecule has 0 aromatic carbocycles. The van der Waals surface area contributed by atoms with E-state index in [0.29, 0.717) is 0 Å². The van der Waals surface area contributed by atoms with Crippen LogP contribution in [-0.4, -0.2) is 18.9 Å². The number of allylic oxidation sites excluding steroid dienone is 1. The van der Waals surface area contributed by atoms with Gasteiger partial charge in [0.2, 0.25) is 0 Å². The Morgan fingerprint density at radius 3 is 2.64 bits per heavy atom. The summed E-state index contributed by atoms with van der Waals surface area (Å²) in [5.74, 6) is 0.939. The molecule has 0 radical (unpaired) electrons. The van der Waals surface area contributed by atoms with Gasteiger partial charge in [0.1, 0.15) is 0 Å². The first-order valence-electron chi connectivity index (χ1n) is 4.10. The highest BCUT2D eigenvalue weighted by molar-refractivity contribution is 5.83. The molecule has 2 nitrogen and oxygen atoms in total. The fourth-order valence-corrected chi connectivity index (χ4v) is 0.992. The van der Waals surface area contributed by atoms with Gasteiger partial charge in [-0.3, -0.25) is 4.79 Å². The van der Waals surface area contributed by atoms with Gasteiger partial charge in [0, 0.05) is 0 Å². The Morgan fingerprint density at radius 2 is 2.27 bits per heavy atom. The number of nitrogens with one attached hydrogen (secondary N) is 1. The van der Waals surface area contributed by atoms with E-state index in [4.69, 9.17) is 0 Å². The highest BCUT2D eigenvalue weighted by Crippen LogP contribution is 2.30. The first-order chi connectivity index (χ1) is 5.24. The summed E-state index contributed by atoms with van der Waals surface area (Å²) in [5.41, 5.74) is 0. The van der Waals surface area contributed by atoms with Crippen LogP contribution in [0.25, 0.3) is 0 Å². The average molecular weight is 153 g/mol. The van der Waals surface area contributed by atoms with Crippen molar-refractivity contribution in [2.45, 2.75) is 25.8 Å². The number of Topliss-reactive ketones (excluding diaryl/α,β-unsaturated/α-hetero) is 1. The molecule has 0 saturated heterocycles. The lowest BCUT2D eigenvalue weighted by molar-refractivity contribution is -0.117. The standard InChI is InChI=1S/C9H15NO/c1-7(11)9(10-2)6-5-8-3-4-8/h5-6,8-10H,3-4H2,1-2H3/b6-5+. The van der Waals surface area contributed by atoms with Crippen LogP contribution in [-0.2, 0) is 4.79 Å². The van der Waals surface area contributed by atoms with Crippen LogP contribution in [0.5, 0.6) is 0 Å². The summed E-state index contributed by atoms with van der Waals surface area (Å²) < 4.78 is 0. The van der Waals surface area contributed by atoms with Crippen LogP contribution in [0.15, 0.2) is 12.2 Å². The number of ketones is 1. The molecule has 11 heavy (non-hydrogen) atoms. The Morgan fingerprint density at radius 1 is 1.64 bits per heavy atom. The molecule has 1 saturated carbocycles. The van der Waals surface area contributed by atoms with E-state index >= 15 is 0 Å². The number of carbonyl (C=O) groups is 1. The number of hydrogen-bond donors (Lipinski definition) is 1. The van der Waals surface area contributed by atoms with Crippen LogP contribution in [0.4, 0.5) is 0 Å². The lowest BCUT2D eigenvalue weighted by Crippen LogP contribution is -2.29. The second-order valence-corrected chi connectivity index (χ2v) is 3.10. The summed E-state index contributed by atoms with van der Waals surface area (Å²) in [4.78, 5) is 10.9. The maximum Gasteiger partial charge on any atom is 0.150 e. The fraction of sp³-hybridized carbons (Fsp3) is 0.667. The number of rotatable bonds is 4. The molecule has 2 heteroatoms. The zero-order valence-electron chi connectivity index (χ0n) is 7.13. The van der Waals surface area contributed by atoms with E-state index in [1.165, 1.54) is 12.8 Å². The minimum absolute atomic E-state index is 0.0735. The van der Waals surface area contributed by atoms with Crippen molar-refractivity contribution in [1.82, 2.24) is 5.32 Å². The van der Waals surface area contributed by atoms with Gasteiger partial charge in [0.15, 0.2) is 5.78 Å². The summed E-state index contributed by atoms with van der Waals surface area (Å²) in [6.07, 6.45) is 6.71. The first kappa shape index (κ1) is 8.47. The molecule has 62 valence electrons. The first-order valence-corrected chi connectivity index (χ1v) is 4.10. The van der Waals surface area contributed by atoms with Crippen molar-refractivity contribution in [2.75, 3.05) is 7.05 Å². The van der Waals surface area contributed by atoms with E-state index in [-0.39, 0.29) is 11.8 Å². The third-order valence-corrected chi connectivity index (χ3v) is 1.95. The Labute approximate surface area is 67.7 Å². The van der Waals surface area contributed by atoms with Gasteiger partial charge < -0.3 is 5.32 Å². The monoisotopic (exact) mass is 153 g/mol. The molecular weight excluding hydrogens is 138 g/mol. The average Bonchev–Trinajstić information content (AvgIpc) is 2.72. The van der Waals surface area contributed by atoms with E-state index in [1.807, 2.05) is 13.1 Å². The van der Waals surface area contributed by atoms with Gasteiger partial charge >= 0.3 is 0 Å². The molecule has 0 aromatic rings. The zero-order chi connectivity index (χ0) is 8.27. The smallest absolute Gasteiger partial charge is 0.150 e. The maximum atomic E-state index is 10.9. The van der Waals surface area contributed by atoms with Crippen molar-refractivity contribution in [3.05, 3.63) is 12.2 Å². The molecule has 0 spiro atoms. The van der Waals surface area contributed by atoms with Crippen LogP contribution in [0.1, 0.15) is 19.8 Å². The summed E-state index contributed by atoms with van der Waals surface area (Å²) in [5, 5.41) is 2.95. The second kappa shape index (κ2) is 3.67. The van der Waals surface area contributed by atoms with Gasteiger partial charge in [-0.15, -0.1) is 0 Å². The fourth-order valence-electron chi connectivity index (χ4n) is 0.992. The summed E-state index contributed by atoms with van der Waals surface area (Å²) in [6.45, 7) is 1.61. The lowest BCUT2D eigenvalue weighted by atomic mass is 10.2. The predicted molar refractivity (Wildman–Crippen MR) is 45.4 cm³/mol. The molecule has 0 bridgehead atoms. The quantitative estimate of drug-likeness (QED) is 0.613. The summed E-state index contributed by atoms with van der Waals surface area (Å²) in [7, 11) is 1.81. The molecule has 0 amide bonds. The number of carbonyl (C=O) groups excluding carboxylic acids is 1. The SMILES string of the molecule is CNC(/C=C/C1CC1)C(C)=O. The van der Waals surface area contributed by atoms with Crippen molar-refractivity contribution in [3.8, 4) is 0 Å². The van der Waals surface area contributed by atoms with E-state index < -0.39 is 0 Å². The number of hydrogen-bond acceptors (Lipinski definition) is 2. The van der Waals surface area contributed by atoms with Gasteiger partial charge in [-0.25, -0.2) is 0 Å². The van der Waals surface area contributed by atoms with Crippen molar-refractivity contribution >= 4 is 5.78 Å². The summed E-state index contributed by atoms with van der Waals surface area (Å²) in [6, 6.07) is -0.0735. The Bertz CT molecular complexity index is 170. The molecule has 0 aromatic heterocycles.